The zero-order chi connectivity index (χ0) is 24.1. The third-order valence-electron chi connectivity index (χ3n) is 3.96. The van der Waals surface area contributed by atoms with Gasteiger partial charge in [-0.2, -0.15) is 22.4 Å². The summed E-state index contributed by atoms with van der Waals surface area (Å²) >= 11 is 0. The molecule has 15 heteroatoms. The molecule has 0 radical (unpaired) electrons. The molecule has 2 aliphatic carbocycles. The number of rotatable bonds is 6. The van der Waals surface area contributed by atoms with Crippen LogP contribution in [0, 0.1) is 10.9 Å². The first-order chi connectivity index (χ1) is 14.9. The van der Waals surface area contributed by atoms with Crippen molar-refractivity contribution < 1.29 is 30.7 Å². The molecule has 0 aromatic heterocycles. The maximum Gasteiger partial charge on any atom is 0.339 e. The van der Waals surface area contributed by atoms with Gasteiger partial charge in [0.1, 0.15) is 15.6 Å². The van der Waals surface area contributed by atoms with Crippen LogP contribution in [0.5, 0.6) is 0 Å². The maximum atomic E-state index is 11.9. The standard InChI is InChI=1S/C17H14N6O7S2/c1-10(24)6-12(15-5-4-14(21-23-19)9-17(15)32(28,29)30)7-11-2-3-13(20-22-18)8-16(11)31(25,26)27/h2-5,7-9,18H,6H2,1H3,(H-,25,26,27,28,29,30)/p+1. The quantitative estimate of drug-likeness (QED) is 0.222. The minimum absolute atomic E-state index is 0.0163. The maximum absolute atomic E-state index is 11.9. The Bertz CT molecular complexity index is 1380. The van der Waals surface area contributed by atoms with Crippen LogP contribution in [0.15, 0.2) is 84.5 Å². The van der Waals surface area contributed by atoms with Crippen molar-refractivity contribution in [1.82, 2.24) is 0 Å². The van der Waals surface area contributed by atoms with Crippen LogP contribution in [0.25, 0.3) is 5.08 Å². The van der Waals surface area contributed by atoms with Gasteiger partial charge in [0.15, 0.2) is 10.8 Å². The lowest BCUT2D eigenvalue weighted by molar-refractivity contribution is -0.116. The van der Waals surface area contributed by atoms with Crippen LogP contribution < -0.4 is 0 Å². The summed E-state index contributed by atoms with van der Waals surface area (Å²) in [5, 5.41) is 20.5. The van der Waals surface area contributed by atoms with Crippen LogP contribution >= 0.6 is 0 Å². The lowest BCUT2D eigenvalue weighted by Gasteiger charge is -2.16. The van der Waals surface area contributed by atoms with Crippen molar-refractivity contribution in [3.63, 3.8) is 0 Å². The second-order valence-corrected chi connectivity index (χ2v) is 9.07. The zero-order valence-corrected chi connectivity index (χ0v) is 17.9. The molecule has 0 spiro atoms. The summed E-state index contributed by atoms with van der Waals surface area (Å²) in [4.78, 5) is 10.5. The Hall–Kier alpha value is -3.71. The average molecular weight is 479 g/mol. The fourth-order valence-corrected chi connectivity index (χ4v) is 4.21. The molecular formula is C17H15N6O7S2+. The van der Waals surface area contributed by atoms with Crippen LogP contribution in [-0.2, 0) is 25.0 Å². The number of Topliss-reactive ketones (excluding diaryl/α,β-unsaturated/α-hetero) is 1. The van der Waals surface area contributed by atoms with Crippen LogP contribution in [0.3, 0.4) is 0 Å². The molecule has 0 saturated carbocycles. The topological polar surface area (TPSA) is 215 Å². The van der Waals surface area contributed by atoms with Crippen molar-refractivity contribution in [1.29, 1.82) is 10.9 Å². The molecule has 0 unspecified atom stereocenters. The molecule has 0 aliphatic heterocycles. The van der Waals surface area contributed by atoms with Gasteiger partial charge in [0.25, 0.3) is 25.6 Å². The molecule has 0 aromatic carbocycles. The lowest BCUT2D eigenvalue weighted by Crippen LogP contribution is -2.13. The first kappa shape index (κ1) is 24.6. The Kier molecular flexibility index (Phi) is 7.38. The van der Waals surface area contributed by atoms with Gasteiger partial charge in [-0.25, -0.2) is 0 Å². The van der Waals surface area contributed by atoms with Crippen molar-refractivity contribution in [2.75, 3.05) is 0 Å². The number of nitrogens with one attached hydrogen (secondary N) is 1. The number of carbonyl (C=O) groups is 1. The van der Waals surface area contributed by atoms with E-state index in [2.05, 4.69) is 20.5 Å². The molecule has 0 amide bonds. The smallest absolute Gasteiger partial charge is 0.300 e. The van der Waals surface area contributed by atoms with Crippen LogP contribution in [-0.4, -0.2) is 43.1 Å². The van der Waals surface area contributed by atoms with E-state index in [0.29, 0.717) is 0 Å². The minimum Gasteiger partial charge on any atom is -0.300 e. The monoisotopic (exact) mass is 479 g/mol. The summed E-state index contributed by atoms with van der Waals surface area (Å²) in [6.45, 7) is 1.21. The summed E-state index contributed by atoms with van der Waals surface area (Å²) in [7, 11) is -9.65. The second-order valence-electron chi connectivity index (χ2n) is 6.29. The van der Waals surface area contributed by atoms with Crippen molar-refractivity contribution >= 4 is 37.4 Å². The Morgan fingerprint density at radius 3 is 2.19 bits per heavy atom. The summed E-state index contributed by atoms with van der Waals surface area (Å²) in [6.07, 6.45) is 7.48. The molecule has 166 valence electrons. The average Bonchev–Trinajstić information content (AvgIpc) is 2.67. The zero-order valence-electron chi connectivity index (χ0n) is 16.2. The molecule has 2 rings (SSSR count). The molecule has 32 heavy (non-hydrogen) atoms. The molecule has 0 atom stereocenters. The number of allylic oxidation sites excluding steroid dienone is 10. The third-order valence-corrected chi connectivity index (χ3v) is 5.76. The van der Waals surface area contributed by atoms with E-state index in [0.717, 1.165) is 18.2 Å². The predicted molar refractivity (Wildman–Crippen MR) is 113 cm³/mol. The van der Waals surface area contributed by atoms with E-state index in [1.165, 1.54) is 31.2 Å². The minimum atomic E-state index is -4.85. The normalized spacial score (nSPS) is 21.9. The summed E-state index contributed by atoms with van der Waals surface area (Å²) in [5.74, 6) is -0.426. The summed E-state index contributed by atoms with van der Waals surface area (Å²) in [6, 6.07) is 0. The van der Waals surface area contributed by atoms with Gasteiger partial charge in [-0.15, -0.1) is 5.10 Å². The highest BCUT2D eigenvalue weighted by atomic mass is 32.2. The van der Waals surface area contributed by atoms with Gasteiger partial charge in [0, 0.05) is 6.42 Å². The first-order valence-corrected chi connectivity index (χ1v) is 11.3. The number of diazo groups is 1. The lowest BCUT2D eigenvalue weighted by atomic mass is 9.95. The van der Waals surface area contributed by atoms with E-state index in [9.17, 15) is 30.7 Å². The molecule has 2 aliphatic rings. The molecule has 0 bridgehead atoms. The molecule has 13 nitrogen and oxygen atoms in total. The number of carbonyl (C=O) groups excluding carboxylic acids is 1. The van der Waals surface area contributed by atoms with Gasteiger partial charge in [-0.1, -0.05) is 17.4 Å². The van der Waals surface area contributed by atoms with Crippen molar-refractivity contribution in [2.24, 2.45) is 15.4 Å². The first-order valence-electron chi connectivity index (χ1n) is 8.43. The predicted octanol–water partition coefficient (Wildman–Crippen LogP) is 2.47. The van der Waals surface area contributed by atoms with Crippen molar-refractivity contribution in [3.8, 4) is 0 Å². The number of ketones is 1. The highest BCUT2D eigenvalue weighted by molar-refractivity contribution is 7.90. The number of hydrogen-bond donors (Lipinski definition) is 3. The number of nitrogens with zero attached hydrogens (tertiary/aromatic N) is 5. The van der Waals surface area contributed by atoms with Crippen LogP contribution in [0.1, 0.15) is 13.3 Å². The Balaban J connectivity index is 2.83. The van der Waals surface area contributed by atoms with Gasteiger partial charge < -0.3 is 0 Å². The summed E-state index contributed by atoms with van der Waals surface area (Å²) in [5.41, 5.74) is 6.24. The van der Waals surface area contributed by atoms with Gasteiger partial charge in [-0.05, 0) is 54.0 Å². The van der Waals surface area contributed by atoms with Crippen molar-refractivity contribution in [3.05, 3.63) is 74.1 Å². The highest BCUT2D eigenvalue weighted by Gasteiger charge is 2.26. The molecule has 0 aromatic rings. The molecule has 3 N–H and O–H groups in total. The van der Waals surface area contributed by atoms with E-state index in [1.54, 1.807) is 0 Å². The van der Waals surface area contributed by atoms with E-state index in [4.69, 9.17) is 10.9 Å². The van der Waals surface area contributed by atoms with E-state index in [1.807, 2.05) is 0 Å². The second kappa shape index (κ2) is 9.62. The highest BCUT2D eigenvalue weighted by Crippen LogP contribution is 2.31. The molecular weight excluding hydrogens is 464 g/mol. The van der Waals surface area contributed by atoms with E-state index in [-0.39, 0.29) is 34.6 Å². The van der Waals surface area contributed by atoms with Gasteiger partial charge in [-0.3, -0.25) is 13.9 Å². The SMILES string of the molecule is CC(=O)CC(C=C1C=CC(=NN=N)C=C1S(=O)(=O)O)=C1C=CC(=N[N+]#N)C=C1S(=O)(=O)O. The van der Waals surface area contributed by atoms with Crippen molar-refractivity contribution in [2.45, 2.75) is 13.3 Å². The van der Waals surface area contributed by atoms with E-state index >= 15 is 0 Å². The van der Waals surface area contributed by atoms with Crippen LogP contribution in [0.4, 0.5) is 0 Å². The van der Waals surface area contributed by atoms with Gasteiger partial charge in [0.2, 0.25) is 0 Å². The summed E-state index contributed by atoms with van der Waals surface area (Å²) < 4.78 is 66.8. The molecule has 0 saturated heterocycles. The fourth-order valence-electron chi connectivity index (χ4n) is 2.77. The Labute approximate surface area is 182 Å². The third kappa shape index (κ3) is 6.15. The Morgan fingerprint density at radius 1 is 1.06 bits per heavy atom. The van der Waals surface area contributed by atoms with Crippen LogP contribution in [0.2, 0.25) is 0 Å². The van der Waals surface area contributed by atoms with E-state index < -0.39 is 35.8 Å². The Morgan fingerprint density at radius 2 is 1.66 bits per heavy atom. The van der Waals surface area contributed by atoms with Gasteiger partial charge >= 0.3 is 5.08 Å². The molecule has 0 fully saturated rings. The fraction of sp³-hybridized carbons (Fsp3) is 0.118. The van der Waals surface area contributed by atoms with Gasteiger partial charge in [0.05, 0.1) is 5.71 Å². The number of hydrogen-bond acceptors (Lipinski definition) is 9. The largest absolute Gasteiger partial charge is 0.339 e. The molecule has 0 heterocycles.